The zero-order valence-electron chi connectivity index (χ0n) is 9.16. The third-order valence-corrected chi connectivity index (χ3v) is 2.61. The maximum absolute atomic E-state index is 11.2. The lowest BCUT2D eigenvalue weighted by molar-refractivity contribution is -0.141. The van der Waals surface area contributed by atoms with Crippen molar-refractivity contribution < 1.29 is 23.3 Å². The standard InChI is InChI=1S/C11H9NO5S/c13-9(14)5-6-10(15)17-18-11-12-7-3-1-2-4-8(7)16-11/h1-4H,5-6H2,(H,13,14). The van der Waals surface area contributed by atoms with Crippen LogP contribution < -0.4 is 0 Å². The largest absolute Gasteiger partial charge is 0.481 e. The number of aliphatic carboxylic acids is 1. The number of benzene rings is 1. The maximum atomic E-state index is 11.2. The number of hydrogen-bond donors (Lipinski definition) is 1. The highest BCUT2D eigenvalue weighted by Gasteiger charge is 2.11. The highest BCUT2D eigenvalue weighted by Crippen LogP contribution is 2.24. The van der Waals surface area contributed by atoms with Crippen LogP contribution in [0.3, 0.4) is 0 Å². The zero-order valence-corrected chi connectivity index (χ0v) is 9.98. The van der Waals surface area contributed by atoms with E-state index in [1.807, 2.05) is 6.07 Å². The minimum Gasteiger partial charge on any atom is -0.481 e. The Balaban J connectivity index is 1.90. The molecule has 0 saturated carbocycles. The number of hydrogen-bond acceptors (Lipinski definition) is 6. The zero-order chi connectivity index (χ0) is 13.0. The van der Waals surface area contributed by atoms with Gasteiger partial charge >= 0.3 is 11.9 Å². The second-order valence-corrected chi connectivity index (χ2v) is 4.06. The van der Waals surface area contributed by atoms with Gasteiger partial charge in [-0.2, -0.15) is 0 Å². The van der Waals surface area contributed by atoms with E-state index < -0.39 is 11.9 Å². The number of carboxylic acids is 1. The number of carboxylic acid groups (broad SMARTS) is 1. The summed E-state index contributed by atoms with van der Waals surface area (Å²) in [4.78, 5) is 25.5. The first kappa shape index (κ1) is 12.4. The van der Waals surface area contributed by atoms with E-state index in [1.165, 1.54) is 0 Å². The van der Waals surface area contributed by atoms with Gasteiger partial charge in [-0.25, -0.2) is 4.98 Å². The average Bonchev–Trinajstić information content (AvgIpc) is 2.76. The Labute approximate surface area is 106 Å². The van der Waals surface area contributed by atoms with E-state index in [4.69, 9.17) is 13.7 Å². The first-order chi connectivity index (χ1) is 8.65. The van der Waals surface area contributed by atoms with E-state index in [0.29, 0.717) is 23.1 Å². The molecule has 0 atom stereocenters. The predicted molar refractivity (Wildman–Crippen MR) is 62.8 cm³/mol. The molecule has 2 rings (SSSR count). The van der Waals surface area contributed by atoms with Crippen LogP contribution >= 0.6 is 12.0 Å². The van der Waals surface area contributed by atoms with E-state index in [0.717, 1.165) is 0 Å². The molecule has 0 aliphatic carbocycles. The Hall–Kier alpha value is -2.02. The first-order valence-corrected chi connectivity index (χ1v) is 5.84. The van der Waals surface area contributed by atoms with Crippen LogP contribution in [0, 0.1) is 0 Å². The van der Waals surface area contributed by atoms with Crippen LogP contribution in [0.4, 0.5) is 0 Å². The Morgan fingerprint density at radius 3 is 2.83 bits per heavy atom. The molecule has 0 amide bonds. The molecular weight excluding hydrogens is 258 g/mol. The fraction of sp³-hybridized carbons (Fsp3) is 0.182. The van der Waals surface area contributed by atoms with Crippen LogP contribution in [0.1, 0.15) is 12.8 Å². The highest BCUT2D eigenvalue weighted by molar-refractivity contribution is 7.94. The van der Waals surface area contributed by atoms with Crippen molar-refractivity contribution in [2.45, 2.75) is 18.1 Å². The number of oxazole rings is 1. The van der Waals surface area contributed by atoms with Crippen LogP contribution in [0.2, 0.25) is 0 Å². The molecule has 18 heavy (non-hydrogen) atoms. The molecule has 2 aromatic rings. The molecule has 1 aromatic heterocycles. The van der Waals surface area contributed by atoms with E-state index in [2.05, 4.69) is 4.98 Å². The Bertz CT molecular complexity index is 547. The molecule has 0 bridgehead atoms. The third-order valence-electron chi connectivity index (χ3n) is 2.02. The van der Waals surface area contributed by atoms with Gasteiger partial charge < -0.3 is 13.7 Å². The minimum absolute atomic E-state index is 0.178. The van der Waals surface area contributed by atoms with Gasteiger partial charge in [-0.3, -0.25) is 9.59 Å². The summed E-state index contributed by atoms with van der Waals surface area (Å²) in [5, 5.41) is 8.61. The molecule has 7 heteroatoms. The summed E-state index contributed by atoms with van der Waals surface area (Å²) in [6.07, 6.45) is -0.435. The third kappa shape index (κ3) is 3.24. The van der Waals surface area contributed by atoms with E-state index in [9.17, 15) is 9.59 Å². The van der Waals surface area contributed by atoms with E-state index in [1.54, 1.807) is 18.2 Å². The number of carbonyl (C=O) groups excluding carboxylic acids is 1. The molecule has 94 valence electrons. The Morgan fingerprint density at radius 1 is 1.33 bits per heavy atom. The second-order valence-electron chi connectivity index (χ2n) is 3.38. The summed E-state index contributed by atoms with van der Waals surface area (Å²) in [6.45, 7) is 0. The lowest BCUT2D eigenvalue weighted by Gasteiger charge is -1.97. The fourth-order valence-corrected chi connectivity index (χ4v) is 1.73. The van der Waals surface area contributed by atoms with Crippen molar-refractivity contribution in [3.63, 3.8) is 0 Å². The van der Waals surface area contributed by atoms with Gasteiger partial charge in [0, 0.05) is 0 Å². The van der Waals surface area contributed by atoms with E-state index in [-0.39, 0.29) is 18.1 Å². The van der Waals surface area contributed by atoms with Gasteiger partial charge in [-0.15, -0.1) is 0 Å². The van der Waals surface area contributed by atoms with Crippen molar-refractivity contribution in [1.82, 2.24) is 4.98 Å². The summed E-state index contributed by atoms with van der Waals surface area (Å²) < 4.78 is 10.1. The Morgan fingerprint density at radius 2 is 2.11 bits per heavy atom. The number of fused-ring (bicyclic) bond motifs is 1. The second kappa shape index (κ2) is 5.54. The Kier molecular flexibility index (Phi) is 3.83. The number of aromatic nitrogens is 1. The molecule has 0 spiro atoms. The quantitative estimate of drug-likeness (QED) is 0.831. The van der Waals surface area contributed by atoms with Crippen molar-refractivity contribution in [3.05, 3.63) is 24.3 Å². The summed E-state index contributed by atoms with van der Waals surface area (Å²) in [5.74, 6) is -1.66. The summed E-state index contributed by atoms with van der Waals surface area (Å²) >= 11 is 0.686. The van der Waals surface area contributed by atoms with Crippen molar-refractivity contribution in [2.24, 2.45) is 0 Å². The van der Waals surface area contributed by atoms with Gasteiger partial charge in [0.05, 0.1) is 12.8 Å². The molecule has 1 heterocycles. The molecule has 0 saturated heterocycles. The molecule has 0 fully saturated rings. The lowest BCUT2D eigenvalue weighted by Crippen LogP contribution is -2.03. The molecule has 6 nitrogen and oxygen atoms in total. The van der Waals surface area contributed by atoms with Gasteiger partial charge in [-0.1, -0.05) is 12.1 Å². The lowest BCUT2D eigenvalue weighted by atomic mass is 10.3. The molecule has 0 radical (unpaired) electrons. The van der Waals surface area contributed by atoms with Crippen molar-refractivity contribution in [3.8, 4) is 0 Å². The molecule has 1 aromatic carbocycles. The van der Waals surface area contributed by atoms with Crippen LogP contribution in [0.15, 0.2) is 33.9 Å². The van der Waals surface area contributed by atoms with Crippen molar-refractivity contribution >= 4 is 35.1 Å². The molecule has 0 aliphatic heterocycles. The molecule has 0 unspecified atom stereocenters. The summed E-state index contributed by atoms with van der Waals surface area (Å²) in [7, 11) is 0. The van der Waals surface area contributed by atoms with Crippen LogP contribution in [-0.2, 0) is 13.8 Å². The normalized spacial score (nSPS) is 10.4. The summed E-state index contributed by atoms with van der Waals surface area (Å²) in [5.41, 5.74) is 1.27. The SMILES string of the molecule is O=C(O)CCC(=O)OSc1nc2ccccc2o1. The van der Waals surface area contributed by atoms with Gasteiger partial charge in [-0.05, 0) is 12.1 Å². The molecule has 1 N–H and O–H groups in total. The van der Waals surface area contributed by atoms with Gasteiger partial charge in [0.2, 0.25) is 0 Å². The van der Waals surface area contributed by atoms with Gasteiger partial charge in [0.15, 0.2) is 17.6 Å². The first-order valence-electron chi connectivity index (χ1n) is 5.10. The van der Waals surface area contributed by atoms with Gasteiger partial charge in [0.1, 0.15) is 5.52 Å². The number of para-hydroxylation sites is 2. The van der Waals surface area contributed by atoms with Crippen molar-refractivity contribution in [2.75, 3.05) is 0 Å². The van der Waals surface area contributed by atoms with Gasteiger partial charge in [0.25, 0.3) is 5.22 Å². The predicted octanol–water partition coefficient (Wildman–Crippen LogP) is 2.24. The van der Waals surface area contributed by atoms with Crippen LogP contribution in [-0.4, -0.2) is 22.0 Å². The van der Waals surface area contributed by atoms with Crippen molar-refractivity contribution in [1.29, 1.82) is 0 Å². The number of rotatable bonds is 5. The maximum Gasteiger partial charge on any atom is 0.318 e. The van der Waals surface area contributed by atoms with Crippen LogP contribution in [0.5, 0.6) is 0 Å². The molecular formula is C11H9NO5S. The summed E-state index contributed by atoms with van der Waals surface area (Å²) in [6, 6.07) is 7.15. The topological polar surface area (TPSA) is 89.6 Å². The number of nitrogens with zero attached hydrogens (tertiary/aromatic N) is 1. The average molecular weight is 267 g/mol. The minimum atomic E-state index is -1.04. The molecule has 0 aliphatic rings. The fourth-order valence-electron chi connectivity index (χ4n) is 1.22. The highest BCUT2D eigenvalue weighted by atomic mass is 32.2. The number of carbonyl (C=O) groups is 2. The monoisotopic (exact) mass is 267 g/mol. The van der Waals surface area contributed by atoms with E-state index >= 15 is 0 Å². The van der Waals surface area contributed by atoms with Crippen LogP contribution in [0.25, 0.3) is 11.1 Å². The smallest absolute Gasteiger partial charge is 0.318 e.